The van der Waals surface area contributed by atoms with E-state index < -0.39 is 17.4 Å². The third-order valence-electron chi connectivity index (χ3n) is 0.559. The van der Waals surface area contributed by atoms with Crippen LogP contribution in [0.5, 0.6) is 0 Å². The van der Waals surface area contributed by atoms with Gasteiger partial charge in [0.1, 0.15) is 11.6 Å². The first-order valence-electron chi connectivity index (χ1n) is 2.14. The second kappa shape index (κ2) is 3.02. The molecule has 9 heavy (non-hydrogen) atoms. The van der Waals surface area contributed by atoms with Crippen LogP contribution < -0.4 is 0 Å². The van der Waals surface area contributed by atoms with Gasteiger partial charge >= 0.3 is 0 Å². The molecule has 0 radical (unpaired) electrons. The zero-order valence-electron chi connectivity index (χ0n) is 4.69. The van der Waals surface area contributed by atoms with E-state index in [4.69, 9.17) is 5.11 Å². The van der Waals surface area contributed by atoms with E-state index in [2.05, 4.69) is 13.2 Å². The Labute approximate surface area is 51.6 Å². The summed E-state index contributed by atoms with van der Waals surface area (Å²) in [5.41, 5.74) is 0. The summed E-state index contributed by atoms with van der Waals surface area (Å²) in [6.45, 7) is 5.55. The molecule has 0 saturated carbocycles. The Morgan fingerprint density at radius 2 is 1.78 bits per heavy atom. The highest BCUT2D eigenvalue weighted by molar-refractivity contribution is 5.21. The lowest BCUT2D eigenvalue weighted by Crippen LogP contribution is -1.77. The number of hydrogen-bond donors (Lipinski definition) is 1. The van der Waals surface area contributed by atoms with Crippen molar-refractivity contribution in [3.8, 4) is 0 Å². The summed E-state index contributed by atoms with van der Waals surface area (Å²) < 4.78 is 23.6. The Bertz CT molecular complexity index is 170. The molecule has 0 aliphatic heterocycles. The van der Waals surface area contributed by atoms with Gasteiger partial charge in [-0.3, -0.25) is 0 Å². The minimum atomic E-state index is -1.11. The van der Waals surface area contributed by atoms with Gasteiger partial charge in [-0.25, -0.2) is 8.78 Å². The van der Waals surface area contributed by atoms with Crippen molar-refractivity contribution in [2.45, 2.75) is 0 Å². The van der Waals surface area contributed by atoms with Crippen molar-refractivity contribution in [2.24, 2.45) is 0 Å². The van der Waals surface area contributed by atoms with Gasteiger partial charge in [0, 0.05) is 6.08 Å². The molecule has 0 amide bonds. The third-order valence-corrected chi connectivity index (χ3v) is 0.559. The molecule has 0 bridgehead atoms. The minimum Gasteiger partial charge on any atom is -0.506 e. The fourth-order valence-electron chi connectivity index (χ4n) is 0.221. The van der Waals surface area contributed by atoms with Gasteiger partial charge in [-0.2, -0.15) is 0 Å². The zero-order valence-corrected chi connectivity index (χ0v) is 4.69. The molecule has 0 heterocycles. The lowest BCUT2D eigenvalue weighted by Gasteiger charge is -1.89. The predicted molar refractivity (Wildman–Crippen MR) is 31.2 cm³/mol. The molecule has 0 aromatic heterocycles. The van der Waals surface area contributed by atoms with Crippen molar-refractivity contribution in [1.29, 1.82) is 0 Å². The first kappa shape index (κ1) is 7.88. The highest BCUT2D eigenvalue weighted by Gasteiger charge is 1.96. The average molecular weight is 132 g/mol. The Balaban J connectivity index is 4.17. The summed E-state index contributed by atoms with van der Waals surface area (Å²) in [4.78, 5) is 0. The summed E-state index contributed by atoms with van der Waals surface area (Å²) in [7, 11) is 0. The molecule has 0 aromatic rings. The molecule has 1 N–H and O–H groups in total. The highest BCUT2D eigenvalue weighted by atomic mass is 19.1. The second-order valence-electron chi connectivity index (χ2n) is 1.39. The number of aliphatic hydroxyl groups excluding tert-OH is 1. The summed E-state index contributed by atoms with van der Waals surface area (Å²) >= 11 is 0. The van der Waals surface area contributed by atoms with E-state index in [0.717, 1.165) is 0 Å². The molecule has 0 aliphatic rings. The summed E-state index contributed by atoms with van der Waals surface area (Å²) in [5.74, 6) is -2.86. The molecular formula is C6H6F2O. The van der Waals surface area contributed by atoms with Crippen LogP contribution in [0, 0.1) is 0 Å². The van der Waals surface area contributed by atoms with Gasteiger partial charge in [0.2, 0.25) is 0 Å². The number of allylic oxidation sites excluding steroid dienone is 3. The van der Waals surface area contributed by atoms with Crippen LogP contribution in [-0.4, -0.2) is 5.11 Å². The summed E-state index contributed by atoms with van der Waals surface area (Å²) in [6, 6.07) is 0. The van der Waals surface area contributed by atoms with Gasteiger partial charge in [0.15, 0.2) is 5.83 Å². The molecule has 0 rings (SSSR count). The van der Waals surface area contributed by atoms with Crippen LogP contribution in [0.25, 0.3) is 0 Å². The second-order valence-corrected chi connectivity index (χ2v) is 1.39. The number of rotatable bonds is 2. The van der Waals surface area contributed by atoms with Gasteiger partial charge in [-0.15, -0.1) is 0 Å². The van der Waals surface area contributed by atoms with E-state index in [0.29, 0.717) is 6.08 Å². The molecular weight excluding hydrogens is 126 g/mol. The monoisotopic (exact) mass is 132 g/mol. The molecule has 0 aromatic carbocycles. The maximum absolute atomic E-state index is 12.0. The standard InChI is InChI=1S/C6H6F2O/c1-4(7)3-6(8)5(2)9/h3,9H,1-2H2/b6-3+. The number of aliphatic hydroxyl groups is 1. The van der Waals surface area contributed by atoms with Crippen LogP contribution >= 0.6 is 0 Å². The van der Waals surface area contributed by atoms with Crippen LogP contribution in [0.3, 0.4) is 0 Å². The van der Waals surface area contributed by atoms with Crippen molar-refractivity contribution < 1.29 is 13.9 Å². The molecule has 1 nitrogen and oxygen atoms in total. The molecule has 0 spiro atoms. The minimum absolute atomic E-state index is 0.447. The maximum atomic E-state index is 12.0. The topological polar surface area (TPSA) is 20.2 Å². The van der Waals surface area contributed by atoms with Gasteiger partial charge in [-0.1, -0.05) is 13.2 Å². The SMILES string of the molecule is C=C(F)/C=C(/F)C(=C)O. The molecule has 0 atom stereocenters. The van der Waals surface area contributed by atoms with Crippen LogP contribution in [0.1, 0.15) is 0 Å². The maximum Gasteiger partial charge on any atom is 0.167 e. The van der Waals surface area contributed by atoms with Crippen LogP contribution in [0.15, 0.2) is 36.6 Å². The summed E-state index contributed by atoms with van der Waals surface area (Å²) in [5, 5.41) is 8.22. The Morgan fingerprint density at radius 1 is 1.33 bits per heavy atom. The van der Waals surface area contributed by atoms with E-state index in [-0.39, 0.29) is 0 Å². The molecule has 50 valence electrons. The number of halogens is 2. The average Bonchev–Trinajstić information content (AvgIpc) is 1.63. The van der Waals surface area contributed by atoms with Crippen molar-refractivity contribution in [1.82, 2.24) is 0 Å². The lowest BCUT2D eigenvalue weighted by molar-refractivity contribution is 0.391. The molecule has 0 saturated heterocycles. The van der Waals surface area contributed by atoms with Crippen molar-refractivity contribution >= 4 is 0 Å². The molecule has 0 aliphatic carbocycles. The van der Waals surface area contributed by atoms with Crippen molar-refractivity contribution in [3.05, 3.63) is 36.6 Å². The van der Waals surface area contributed by atoms with Crippen LogP contribution in [0.4, 0.5) is 8.78 Å². The third kappa shape index (κ3) is 3.46. The fourth-order valence-corrected chi connectivity index (χ4v) is 0.221. The first-order valence-corrected chi connectivity index (χ1v) is 2.14. The molecule has 0 fully saturated rings. The molecule has 3 heteroatoms. The number of hydrogen-bond acceptors (Lipinski definition) is 1. The van der Waals surface area contributed by atoms with Gasteiger partial charge in [0.25, 0.3) is 0 Å². The quantitative estimate of drug-likeness (QED) is 0.451. The van der Waals surface area contributed by atoms with Gasteiger partial charge in [0.05, 0.1) is 0 Å². The normalized spacial score (nSPS) is 11.1. The van der Waals surface area contributed by atoms with Crippen LogP contribution in [0.2, 0.25) is 0 Å². The van der Waals surface area contributed by atoms with E-state index in [1.165, 1.54) is 0 Å². The van der Waals surface area contributed by atoms with E-state index in [1.807, 2.05) is 0 Å². The Morgan fingerprint density at radius 3 is 1.89 bits per heavy atom. The first-order chi connectivity index (χ1) is 4.04. The van der Waals surface area contributed by atoms with E-state index in [9.17, 15) is 8.78 Å². The van der Waals surface area contributed by atoms with E-state index >= 15 is 0 Å². The van der Waals surface area contributed by atoms with Gasteiger partial charge in [-0.05, 0) is 0 Å². The van der Waals surface area contributed by atoms with Crippen molar-refractivity contribution in [2.75, 3.05) is 0 Å². The van der Waals surface area contributed by atoms with Gasteiger partial charge < -0.3 is 5.11 Å². The fraction of sp³-hybridized carbons (Fsp3) is 0. The summed E-state index contributed by atoms with van der Waals surface area (Å²) in [6.07, 6.45) is 0.447. The zero-order chi connectivity index (χ0) is 7.44. The highest BCUT2D eigenvalue weighted by Crippen LogP contribution is 2.08. The van der Waals surface area contributed by atoms with Crippen LogP contribution in [-0.2, 0) is 0 Å². The predicted octanol–water partition coefficient (Wildman–Crippen LogP) is 2.39. The lowest BCUT2D eigenvalue weighted by atomic mass is 10.4. The Kier molecular flexibility index (Phi) is 2.64. The smallest absolute Gasteiger partial charge is 0.167 e. The van der Waals surface area contributed by atoms with E-state index in [1.54, 1.807) is 0 Å². The van der Waals surface area contributed by atoms with Crippen molar-refractivity contribution in [3.63, 3.8) is 0 Å². The molecule has 0 unspecified atom stereocenters. The Hall–Kier alpha value is -1.12. The largest absolute Gasteiger partial charge is 0.506 e.